The predicted octanol–water partition coefficient (Wildman–Crippen LogP) is 2.69. The topological polar surface area (TPSA) is 0 Å². The van der Waals surface area contributed by atoms with Gasteiger partial charge in [0.25, 0.3) is 0 Å². The van der Waals surface area contributed by atoms with Crippen molar-refractivity contribution in [1.29, 1.82) is 0 Å². The fraction of sp³-hybridized carbons (Fsp3) is 1.00. The van der Waals surface area contributed by atoms with Crippen LogP contribution in [0.4, 0.5) is 0 Å². The van der Waals surface area contributed by atoms with Gasteiger partial charge in [-0.05, 0) is 23.7 Å². The van der Waals surface area contributed by atoms with Crippen LogP contribution in [-0.2, 0) is 0 Å². The van der Waals surface area contributed by atoms with Gasteiger partial charge in [-0.15, -0.1) is 0 Å². The SMILES string of the molecule is CC1C[C@@H]1C(C)(C)C. The lowest BCUT2D eigenvalue weighted by atomic mass is 9.89. The van der Waals surface area contributed by atoms with E-state index in [2.05, 4.69) is 27.7 Å². The summed E-state index contributed by atoms with van der Waals surface area (Å²) in [5.74, 6) is 2.03. The molecule has 0 aromatic rings. The zero-order chi connectivity index (χ0) is 6.36. The first kappa shape index (κ1) is 6.12. The van der Waals surface area contributed by atoms with Crippen molar-refractivity contribution in [3.05, 3.63) is 0 Å². The van der Waals surface area contributed by atoms with Crippen LogP contribution in [0.25, 0.3) is 0 Å². The van der Waals surface area contributed by atoms with Crippen molar-refractivity contribution in [2.24, 2.45) is 17.3 Å². The van der Waals surface area contributed by atoms with Crippen LogP contribution in [0.15, 0.2) is 0 Å². The van der Waals surface area contributed by atoms with Gasteiger partial charge in [0.05, 0.1) is 0 Å². The molecule has 0 N–H and O–H groups in total. The highest BCUT2D eigenvalue weighted by Crippen LogP contribution is 2.49. The van der Waals surface area contributed by atoms with Crippen molar-refractivity contribution >= 4 is 0 Å². The highest BCUT2D eigenvalue weighted by Gasteiger charge is 2.41. The highest BCUT2D eigenvalue weighted by atomic mass is 14.5. The van der Waals surface area contributed by atoms with Crippen LogP contribution >= 0.6 is 0 Å². The fourth-order valence-corrected chi connectivity index (χ4v) is 1.53. The van der Waals surface area contributed by atoms with Crippen LogP contribution in [0, 0.1) is 17.3 Å². The number of rotatable bonds is 0. The smallest absolute Gasteiger partial charge is 0.0337 e. The molecule has 0 radical (unpaired) electrons. The molecule has 0 nitrogen and oxygen atoms in total. The minimum Gasteiger partial charge on any atom is -0.0622 e. The summed E-state index contributed by atoms with van der Waals surface area (Å²) in [4.78, 5) is 0. The van der Waals surface area contributed by atoms with E-state index in [-0.39, 0.29) is 0 Å². The monoisotopic (exact) mass is 112 g/mol. The first-order chi connectivity index (χ1) is 3.52. The Bertz CT molecular complexity index is 86.7. The first-order valence-electron chi connectivity index (χ1n) is 3.52. The molecule has 0 aromatic heterocycles. The highest BCUT2D eigenvalue weighted by molar-refractivity contribution is 4.90. The van der Waals surface area contributed by atoms with Crippen molar-refractivity contribution < 1.29 is 0 Å². The molecular weight excluding hydrogens is 96.1 g/mol. The number of hydrogen-bond donors (Lipinski definition) is 0. The van der Waals surface area contributed by atoms with Gasteiger partial charge in [0.1, 0.15) is 0 Å². The molecule has 8 heavy (non-hydrogen) atoms. The Kier molecular flexibility index (Phi) is 1.14. The standard InChI is InChI=1S/C8H16/c1-6-5-7(6)8(2,3)4/h6-7H,5H2,1-4H3/t6?,7-/m0/s1. The lowest BCUT2D eigenvalue weighted by Gasteiger charge is -2.16. The molecule has 0 spiro atoms. The van der Waals surface area contributed by atoms with Gasteiger partial charge in [0, 0.05) is 0 Å². The maximum absolute atomic E-state index is 2.34. The molecule has 1 aliphatic carbocycles. The predicted molar refractivity (Wildman–Crippen MR) is 36.7 cm³/mol. The second kappa shape index (κ2) is 1.49. The molecular formula is C8H16. The molecule has 48 valence electrons. The van der Waals surface area contributed by atoms with Gasteiger partial charge in [0.2, 0.25) is 0 Å². The zero-order valence-corrected chi connectivity index (χ0v) is 6.36. The van der Waals surface area contributed by atoms with E-state index in [9.17, 15) is 0 Å². The maximum atomic E-state index is 2.34. The molecule has 1 aliphatic rings. The number of hydrogen-bond acceptors (Lipinski definition) is 0. The quantitative estimate of drug-likeness (QED) is 0.452. The van der Waals surface area contributed by atoms with E-state index < -0.39 is 0 Å². The lowest BCUT2D eigenvalue weighted by Crippen LogP contribution is -2.08. The average molecular weight is 112 g/mol. The Morgan fingerprint density at radius 2 is 1.62 bits per heavy atom. The van der Waals surface area contributed by atoms with E-state index in [4.69, 9.17) is 0 Å². The third kappa shape index (κ3) is 1.04. The van der Waals surface area contributed by atoms with E-state index in [0.29, 0.717) is 5.41 Å². The maximum Gasteiger partial charge on any atom is -0.0337 e. The van der Waals surface area contributed by atoms with Crippen LogP contribution in [-0.4, -0.2) is 0 Å². The summed E-state index contributed by atoms with van der Waals surface area (Å²) in [7, 11) is 0. The molecule has 1 saturated carbocycles. The van der Waals surface area contributed by atoms with E-state index in [1.54, 1.807) is 0 Å². The van der Waals surface area contributed by atoms with Crippen LogP contribution in [0.2, 0.25) is 0 Å². The van der Waals surface area contributed by atoms with Gasteiger partial charge in [-0.2, -0.15) is 0 Å². The molecule has 0 aliphatic heterocycles. The minimum atomic E-state index is 0.583. The van der Waals surface area contributed by atoms with Gasteiger partial charge >= 0.3 is 0 Å². The molecule has 0 amide bonds. The van der Waals surface area contributed by atoms with E-state index in [1.165, 1.54) is 6.42 Å². The average Bonchev–Trinajstić information content (AvgIpc) is 2.13. The third-order valence-electron chi connectivity index (χ3n) is 2.22. The first-order valence-corrected chi connectivity index (χ1v) is 3.52. The summed E-state index contributed by atoms with van der Waals surface area (Å²) < 4.78 is 0. The summed E-state index contributed by atoms with van der Waals surface area (Å²) in [6.07, 6.45) is 1.46. The zero-order valence-electron chi connectivity index (χ0n) is 6.36. The van der Waals surface area contributed by atoms with Crippen LogP contribution in [0.5, 0.6) is 0 Å². The van der Waals surface area contributed by atoms with E-state index in [0.717, 1.165) is 11.8 Å². The Balaban J connectivity index is 2.39. The summed E-state index contributed by atoms with van der Waals surface area (Å²) in [5.41, 5.74) is 0.583. The summed E-state index contributed by atoms with van der Waals surface area (Å²) >= 11 is 0. The fourth-order valence-electron chi connectivity index (χ4n) is 1.53. The van der Waals surface area contributed by atoms with Crippen LogP contribution < -0.4 is 0 Å². The van der Waals surface area contributed by atoms with Gasteiger partial charge < -0.3 is 0 Å². The molecule has 1 unspecified atom stereocenters. The summed E-state index contributed by atoms with van der Waals surface area (Å²) in [5, 5.41) is 0. The second-order valence-electron chi connectivity index (χ2n) is 4.19. The van der Waals surface area contributed by atoms with Gasteiger partial charge in [-0.3, -0.25) is 0 Å². The van der Waals surface area contributed by atoms with Gasteiger partial charge in [0.15, 0.2) is 0 Å². The van der Waals surface area contributed by atoms with Gasteiger partial charge in [-0.1, -0.05) is 27.7 Å². The molecule has 0 bridgehead atoms. The van der Waals surface area contributed by atoms with Crippen molar-refractivity contribution in [3.63, 3.8) is 0 Å². The Labute approximate surface area is 52.3 Å². The molecule has 0 aromatic carbocycles. The molecule has 0 heterocycles. The molecule has 0 heteroatoms. The molecule has 0 saturated heterocycles. The largest absolute Gasteiger partial charge is 0.0622 e. The summed E-state index contributed by atoms with van der Waals surface area (Å²) in [6, 6.07) is 0. The molecule has 1 fully saturated rings. The van der Waals surface area contributed by atoms with Crippen molar-refractivity contribution in [1.82, 2.24) is 0 Å². The Morgan fingerprint density at radius 1 is 1.25 bits per heavy atom. The second-order valence-corrected chi connectivity index (χ2v) is 4.19. The Hall–Kier alpha value is 0. The van der Waals surface area contributed by atoms with Gasteiger partial charge in [-0.25, -0.2) is 0 Å². The van der Waals surface area contributed by atoms with E-state index in [1.807, 2.05) is 0 Å². The van der Waals surface area contributed by atoms with Crippen molar-refractivity contribution in [3.8, 4) is 0 Å². The third-order valence-corrected chi connectivity index (χ3v) is 2.22. The van der Waals surface area contributed by atoms with Crippen LogP contribution in [0.1, 0.15) is 34.1 Å². The van der Waals surface area contributed by atoms with E-state index >= 15 is 0 Å². The van der Waals surface area contributed by atoms with Crippen molar-refractivity contribution in [2.45, 2.75) is 34.1 Å². The lowest BCUT2D eigenvalue weighted by molar-refractivity contribution is 0.334. The normalized spacial score (nSPS) is 37.5. The molecule has 2 atom stereocenters. The van der Waals surface area contributed by atoms with Crippen molar-refractivity contribution in [2.75, 3.05) is 0 Å². The van der Waals surface area contributed by atoms with Crippen LogP contribution in [0.3, 0.4) is 0 Å². The minimum absolute atomic E-state index is 0.583. The summed E-state index contributed by atoms with van der Waals surface area (Å²) in [6.45, 7) is 9.35. The molecule has 1 rings (SSSR count). The Morgan fingerprint density at radius 3 is 1.62 bits per heavy atom.